The van der Waals surface area contributed by atoms with Crippen LogP contribution in [0.2, 0.25) is 0 Å². The molecule has 0 radical (unpaired) electrons. The van der Waals surface area contributed by atoms with E-state index in [0.29, 0.717) is 11.0 Å². The van der Waals surface area contributed by atoms with Gasteiger partial charge in [0.05, 0.1) is 12.3 Å². The lowest BCUT2D eigenvalue weighted by molar-refractivity contribution is 0.102. The lowest BCUT2D eigenvalue weighted by Crippen LogP contribution is -2.43. The molecule has 2 N–H and O–H groups in total. The maximum Gasteiger partial charge on any atom is 0.332 e. The van der Waals surface area contributed by atoms with Crippen LogP contribution >= 0.6 is 11.8 Å². The van der Waals surface area contributed by atoms with Gasteiger partial charge in [0.1, 0.15) is 17.2 Å². The number of benzene rings is 2. The number of aromatic nitrogens is 5. The quantitative estimate of drug-likeness (QED) is 0.330. The molecule has 2 aromatic heterocycles. The Morgan fingerprint density at radius 3 is 2.30 bits per heavy atom. The molecule has 0 atom stereocenters. The fraction of sp³-hybridized carbons (Fsp3) is 0.174. The Labute approximate surface area is 193 Å². The second kappa shape index (κ2) is 9.29. The van der Waals surface area contributed by atoms with Gasteiger partial charge in [0.2, 0.25) is 0 Å². The molecule has 2 aromatic carbocycles. The Morgan fingerprint density at radius 2 is 1.64 bits per heavy atom. The number of para-hydroxylation sites is 1. The zero-order valence-corrected chi connectivity index (χ0v) is 19.0. The highest BCUT2D eigenvalue weighted by molar-refractivity contribution is 7.99. The zero-order chi connectivity index (χ0) is 23.5. The Bertz CT molecular complexity index is 1420. The third-order valence-electron chi connectivity index (χ3n) is 5.19. The fourth-order valence-corrected chi connectivity index (χ4v) is 4.35. The lowest BCUT2D eigenvalue weighted by Gasteiger charge is -2.14. The van der Waals surface area contributed by atoms with Gasteiger partial charge in [-0.15, -0.1) is 10.2 Å². The predicted molar refractivity (Wildman–Crippen MR) is 127 cm³/mol. The largest absolute Gasteiger partial charge is 0.384 e. The Kier molecular flexibility index (Phi) is 6.27. The Balaban J connectivity index is 1.65. The molecule has 9 nitrogen and oxygen atoms in total. The standard InChI is InChI=1S/C23H22N6O3S/c1-15-25-26-22(29(15)17-11-7-4-8-12-17)33-14-18(30)19-20(24)28(23(32)27(2)21(19)31)13-16-9-5-3-6-10-16/h3-12H,13-14,24H2,1-2H3. The second-order valence-electron chi connectivity index (χ2n) is 7.39. The van der Waals surface area contributed by atoms with Gasteiger partial charge in [0.25, 0.3) is 5.56 Å². The van der Waals surface area contributed by atoms with Crippen molar-refractivity contribution >= 4 is 23.4 Å². The number of carbonyl (C=O) groups excluding carboxylic acids is 1. The van der Waals surface area contributed by atoms with Crippen LogP contribution in [0.4, 0.5) is 5.82 Å². The Hall–Kier alpha value is -3.92. The molecule has 33 heavy (non-hydrogen) atoms. The fourth-order valence-electron chi connectivity index (χ4n) is 3.48. The number of nitrogens with two attached hydrogens (primary N) is 1. The van der Waals surface area contributed by atoms with E-state index in [1.807, 2.05) is 72.2 Å². The molecule has 0 saturated carbocycles. The first-order valence-electron chi connectivity index (χ1n) is 10.1. The van der Waals surface area contributed by atoms with E-state index in [1.165, 1.54) is 11.6 Å². The summed E-state index contributed by atoms with van der Waals surface area (Å²) in [5.74, 6) is -0.0464. The van der Waals surface area contributed by atoms with Gasteiger partial charge in [-0.2, -0.15) is 0 Å². The minimum atomic E-state index is -0.715. The van der Waals surface area contributed by atoms with Crippen molar-refractivity contribution in [2.45, 2.75) is 18.6 Å². The molecule has 2 heterocycles. The van der Waals surface area contributed by atoms with Gasteiger partial charge in [0, 0.05) is 12.7 Å². The van der Waals surface area contributed by atoms with Crippen LogP contribution in [0.3, 0.4) is 0 Å². The summed E-state index contributed by atoms with van der Waals surface area (Å²) in [6.45, 7) is 1.97. The number of rotatable bonds is 7. The van der Waals surface area contributed by atoms with Gasteiger partial charge < -0.3 is 5.73 Å². The minimum Gasteiger partial charge on any atom is -0.384 e. The molecule has 168 valence electrons. The van der Waals surface area contributed by atoms with Gasteiger partial charge in [-0.3, -0.25) is 23.3 Å². The van der Waals surface area contributed by atoms with Crippen LogP contribution in [0, 0.1) is 6.92 Å². The zero-order valence-electron chi connectivity index (χ0n) is 18.1. The smallest absolute Gasteiger partial charge is 0.332 e. The molecule has 0 aliphatic rings. The first-order valence-corrected chi connectivity index (χ1v) is 11.1. The molecule has 0 aliphatic heterocycles. The number of nitrogens with zero attached hydrogens (tertiary/aromatic N) is 5. The molecule has 4 aromatic rings. The van der Waals surface area contributed by atoms with E-state index < -0.39 is 17.0 Å². The topological polar surface area (TPSA) is 118 Å². The summed E-state index contributed by atoms with van der Waals surface area (Å²) in [4.78, 5) is 38.5. The SMILES string of the molecule is Cc1nnc(SCC(=O)c2c(N)n(Cc3ccccc3)c(=O)n(C)c2=O)n1-c1ccccc1. The summed E-state index contributed by atoms with van der Waals surface area (Å²) in [5.41, 5.74) is 6.37. The minimum absolute atomic E-state index is 0.0893. The second-order valence-corrected chi connectivity index (χ2v) is 8.33. The summed E-state index contributed by atoms with van der Waals surface area (Å²) >= 11 is 1.15. The summed E-state index contributed by atoms with van der Waals surface area (Å²) < 4.78 is 3.98. The predicted octanol–water partition coefficient (Wildman–Crippen LogP) is 2.04. The normalized spacial score (nSPS) is 11.0. The maximum absolute atomic E-state index is 13.1. The van der Waals surface area contributed by atoms with Gasteiger partial charge in [-0.1, -0.05) is 60.3 Å². The number of aryl methyl sites for hydroxylation is 1. The highest BCUT2D eigenvalue weighted by atomic mass is 32.2. The molecule has 0 amide bonds. The van der Waals surface area contributed by atoms with Crippen molar-refractivity contribution in [3.05, 3.63) is 98.5 Å². The van der Waals surface area contributed by atoms with E-state index >= 15 is 0 Å². The summed E-state index contributed by atoms with van der Waals surface area (Å²) in [6, 6.07) is 18.7. The van der Waals surface area contributed by atoms with Gasteiger partial charge in [-0.05, 0) is 24.6 Å². The van der Waals surface area contributed by atoms with Crippen LogP contribution in [0.5, 0.6) is 0 Å². The van der Waals surface area contributed by atoms with E-state index in [2.05, 4.69) is 10.2 Å². The molecule has 0 fully saturated rings. The van der Waals surface area contributed by atoms with Crippen LogP contribution in [-0.4, -0.2) is 35.4 Å². The number of nitrogen functional groups attached to an aromatic ring is 1. The van der Waals surface area contributed by atoms with Gasteiger partial charge in [0.15, 0.2) is 10.9 Å². The van der Waals surface area contributed by atoms with Crippen LogP contribution in [0.15, 0.2) is 75.4 Å². The van der Waals surface area contributed by atoms with Crippen molar-refractivity contribution < 1.29 is 4.79 Å². The van der Waals surface area contributed by atoms with Gasteiger partial charge >= 0.3 is 5.69 Å². The molecule has 0 bridgehead atoms. The maximum atomic E-state index is 13.1. The van der Waals surface area contributed by atoms with Crippen LogP contribution in [0.1, 0.15) is 21.7 Å². The highest BCUT2D eigenvalue weighted by Crippen LogP contribution is 2.23. The third kappa shape index (κ3) is 4.37. The van der Waals surface area contributed by atoms with Crippen LogP contribution < -0.4 is 17.0 Å². The van der Waals surface area contributed by atoms with E-state index in [4.69, 9.17) is 5.73 Å². The molecule has 0 aliphatic carbocycles. The number of ketones is 1. The summed E-state index contributed by atoms with van der Waals surface area (Å²) in [5, 5.41) is 8.79. The molecule has 10 heteroatoms. The Morgan fingerprint density at radius 1 is 1.00 bits per heavy atom. The first kappa shape index (κ1) is 22.3. The van der Waals surface area contributed by atoms with Gasteiger partial charge in [-0.25, -0.2) is 4.79 Å². The van der Waals surface area contributed by atoms with E-state index in [0.717, 1.165) is 27.6 Å². The van der Waals surface area contributed by atoms with Crippen LogP contribution in [0.25, 0.3) is 5.69 Å². The molecular weight excluding hydrogens is 440 g/mol. The monoisotopic (exact) mass is 462 g/mol. The van der Waals surface area contributed by atoms with Crippen molar-refractivity contribution in [3.8, 4) is 5.69 Å². The first-order chi connectivity index (χ1) is 15.9. The molecule has 0 spiro atoms. The lowest BCUT2D eigenvalue weighted by atomic mass is 10.2. The van der Waals surface area contributed by atoms with Crippen molar-refractivity contribution in [1.82, 2.24) is 23.9 Å². The van der Waals surface area contributed by atoms with E-state index in [1.54, 1.807) is 0 Å². The molecular formula is C23H22N6O3S. The molecule has 0 unspecified atom stereocenters. The van der Waals surface area contributed by atoms with Crippen molar-refractivity contribution in [3.63, 3.8) is 0 Å². The summed E-state index contributed by atoms with van der Waals surface area (Å²) in [6.07, 6.45) is 0. The summed E-state index contributed by atoms with van der Waals surface area (Å²) in [7, 11) is 1.34. The van der Waals surface area contributed by atoms with E-state index in [9.17, 15) is 14.4 Å². The van der Waals surface area contributed by atoms with Crippen molar-refractivity contribution in [2.75, 3.05) is 11.5 Å². The molecule has 0 saturated heterocycles. The number of Topliss-reactive ketones (excluding diaryl/α,β-unsaturated/α-hetero) is 1. The third-order valence-corrected chi connectivity index (χ3v) is 6.12. The number of hydrogen-bond donors (Lipinski definition) is 1. The average molecular weight is 463 g/mol. The van der Waals surface area contributed by atoms with Crippen LogP contribution in [-0.2, 0) is 13.6 Å². The number of anilines is 1. The number of thioether (sulfide) groups is 1. The highest BCUT2D eigenvalue weighted by Gasteiger charge is 2.23. The average Bonchev–Trinajstić information content (AvgIpc) is 3.20. The molecule has 4 rings (SSSR count). The van der Waals surface area contributed by atoms with Crippen molar-refractivity contribution in [2.24, 2.45) is 7.05 Å². The number of carbonyl (C=O) groups is 1. The van der Waals surface area contributed by atoms with E-state index in [-0.39, 0.29) is 23.7 Å². The van der Waals surface area contributed by atoms with Crippen molar-refractivity contribution in [1.29, 1.82) is 0 Å². The number of hydrogen-bond acceptors (Lipinski definition) is 7.